The van der Waals surface area contributed by atoms with Gasteiger partial charge in [-0.2, -0.15) is 11.8 Å². The molecular formula is C10H16O2S. The van der Waals surface area contributed by atoms with Crippen molar-refractivity contribution in [1.82, 2.24) is 0 Å². The SMILES string of the molecule is COCC1(C=O)CC2CCC(C1)S2. The number of carbonyl (C=O) groups is 1. The Balaban J connectivity index is 2.08. The maximum atomic E-state index is 11.1. The highest BCUT2D eigenvalue weighted by atomic mass is 32.2. The minimum absolute atomic E-state index is 0.147. The first-order chi connectivity index (χ1) is 6.28. The summed E-state index contributed by atoms with van der Waals surface area (Å²) in [6.07, 6.45) is 5.81. The van der Waals surface area contributed by atoms with Crippen molar-refractivity contribution in [3.8, 4) is 0 Å². The number of aldehydes is 1. The summed E-state index contributed by atoms with van der Waals surface area (Å²) in [4.78, 5) is 11.1. The molecule has 0 aromatic heterocycles. The van der Waals surface area contributed by atoms with Crippen LogP contribution in [0, 0.1) is 5.41 Å². The third kappa shape index (κ3) is 1.77. The van der Waals surface area contributed by atoms with Crippen LogP contribution in [-0.2, 0) is 9.53 Å². The first-order valence-corrected chi connectivity index (χ1v) is 5.83. The van der Waals surface area contributed by atoms with Crippen molar-refractivity contribution in [2.45, 2.75) is 36.2 Å². The van der Waals surface area contributed by atoms with Crippen molar-refractivity contribution in [2.24, 2.45) is 5.41 Å². The number of hydrogen-bond acceptors (Lipinski definition) is 3. The third-order valence-corrected chi connectivity index (χ3v) is 4.72. The zero-order valence-electron chi connectivity index (χ0n) is 7.99. The lowest BCUT2D eigenvalue weighted by molar-refractivity contribution is -0.120. The van der Waals surface area contributed by atoms with E-state index in [0.717, 1.165) is 29.6 Å². The predicted molar refractivity (Wildman–Crippen MR) is 54.0 cm³/mol. The molecule has 3 heteroatoms. The van der Waals surface area contributed by atoms with E-state index >= 15 is 0 Å². The Kier molecular flexibility index (Phi) is 2.65. The molecule has 0 amide bonds. The van der Waals surface area contributed by atoms with Gasteiger partial charge in [-0.1, -0.05) is 0 Å². The molecule has 0 aromatic rings. The normalized spacial score (nSPS) is 43.5. The van der Waals surface area contributed by atoms with Gasteiger partial charge in [0.15, 0.2) is 0 Å². The fraction of sp³-hybridized carbons (Fsp3) is 0.900. The van der Waals surface area contributed by atoms with Crippen LogP contribution in [0.15, 0.2) is 0 Å². The maximum Gasteiger partial charge on any atom is 0.128 e. The van der Waals surface area contributed by atoms with Crippen molar-refractivity contribution >= 4 is 18.0 Å². The van der Waals surface area contributed by atoms with E-state index in [1.807, 2.05) is 0 Å². The number of fused-ring (bicyclic) bond motifs is 2. The zero-order chi connectivity index (χ0) is 9.31. The molecular weight excluding hydrogens is 184 g/mol. The van der Waals surface area contributed by atoms with E-state index in [1.54, 1.807) is 7.11 Å². The molecule has 0 aliphatic carbocycles. The van der Waals surface area contributed by atoms with Gasteiger partial charge in [-0.25, -0.2) is 0 Å². The van der Waals surface area contributed by atoms with E-state index in [2.05, 4.69) is 11.8 Å². The van der Waals surface area contributed by atoms with E-state index in [0.29, 0.717) is 6.61 Å². The van der Waals surface area contributed by atoms with Gasteiger partial charge in [0, 0.05) is 17.6 Å². The summed E-state index contributed by atoms with van der Waals surface area (Å²) >= 11 is 2.08. The number of methoxy groups -OCH3 is 1. The van der Waals surface area contributed by atoms with Crippen LogP contribution in [0.25, 0.3) is 0 Å². The molecule has 0 saturated carbocycles. The molecule has 13 heavy (non-hydrogen) atoms. The van der Waals surface area contributed by atoms with Crippen molar-refractivity contribution in [3.63, 3.8) is 0 Å². The number of rotatable bonds is 3. The molecule has 0 aromatic carbocycles. The lowest BCUT2D eigenvalue weighted by Crippen LogP contribution is -2.36. The van der Waals surface area contributed by atoms with Crippen LogP contribution in [0.1, 0.15) is 25.7 Å². The molecule has 2 aliphatic rings. The second-order valence-electron chi connectivity index (χ2n) is 4.28. The molecule has 2 unspecified atom stereocenters. The summed E-state index contributed by atoms with van der Waals surface area (Å²) in [6, 6.07) is 0. The average Bonchev–Trinajstić information content (AvgIpc) is 2.47. The Morgan fingerprint density at radius 1 is 1.46 bits per heavy atom. The smallest absolute Gasteiger partial charge is 0.128 e. The van der Waals surface area contributed by atoms with Gasteiger partial charge < -0.3 is 9.53 Å². The quantitative estimate of drug-likeness (QED) is 0.651. The van der Waals surface area contributed by atoms with Gasteiger partial charge in [0.1, 0.15) is 6.29 Å². The molecule has 0 spiro atoms. The van der Waals surface area contributed by atoms with Gasteiger partial charge in [0.05, 0.1) is 12.0 Å². The van der Waals surface area contributed by atoms with E-state index in [1.165, 1.54) is 12.8 Å². The molecule has 2 saturated heterocycles. The van der Waals surface area contributed by atoms with Crippen LogP contribution in [-0.4, -0.2) is 30.5 Å². The minimum atomic E-state index is -0.147. The number of ether oxygens (including phenoxy) is 1. The van der Waals surface area contributed by atoms with Crippen LogP contribution in [0.4, 0.5) is 0 Å². The van der Waals surface area contributed by atoms with Crippen LogP contribution in [0.3, 0.4) is 0 Å². The summed E-state index contributed by atoms with van der Waals surface area (Å²) < 4.78 is 5.16. The van der Waals surface area contributed by atoms with Gasteiger partial charge in [-0.05, 0) is 25.7 Å². The standard InChI is InChI=1S/C10H16O2S/c1-12-7-10(6-11)4-8-2-3-9(5-10)13-8/h6,8-9H,2-5,7H2,1H3. The predicted octanol–water partition coefficient (Wildman–Crippen LogP) is 1.88. The van der Waals surface area contributed by atoms with Crippen molar-refractivity contribution in [2.75, 3.05) is 13.7 Å². The molecule has 0 radical (unpaired) electrons. The fourth-order valence-electron chi connectivity index (χ4n) is 2.61. The average molecular weight is 200 g/mol. The fourth-order valence-corrected chi connectivity index (χ4v) is 4.55. The largest absolute Gasteiger partial charge is 0.384 e. The Hall–Kier alpha value is -0.0200. The minimum Gasteiger partial charge on any atom is -0.384 e. The second-order valence-corrected chi connectivity index (χ2v) is 5.88. The van der Waals surface area contributed by atoms with Crippen LogP contribution >= 0.6 is 11.8 Å². The molecule has 0 N–H and O–H groups in total. The molecule has 2 atom stereocenters. The Labute approximate surface area is 83.4 Å². The Bertz CT molecular complexity index is 193. The van der Waals surface area contributed by atoms with E-state index < -0.39 is 0 Å². The highest BCUT2D eigenvalue weighted by Crippen LogP contribution is 2.50. The highest BCUT2D eigenvalue weighted by Gasteiger charge is 2.44. The third-order valence-electron chi connectivity index (χ3n) is 3.15. The van der Waals surface area contributed by atoms with Crippen molar-refractivity contribution in [1.29, 1.82) is 0 Å². The summed E-state index contributed by atoms with van der Waals surface area (Å²) in [5.74, 6) is 0. The van der Waals surface area contributed by atoms with Gasteiger partial charge in [0.25, 0.3) is 0 Å². The Morgan fingerprint density at radius 2 is 2.08 bits per heavy atom. The molecule has 74 valence electrons. The van der Waals surface area contributed by atoms with Crippen LogP contribution in [0.2, 0.25) is 0 Å². The molecule has 2 aliphatic heterocycles. The molecule has 2 nitrogen and oxygen atoms in total. The summed E-state index contributed by atoms with van der Waals surface area (Å²) in [5, 5.41) is 1.44. The molecule has 2 rings (SSSR count). The van der Waals surface area contributed by atoms with Crippen LogP contribution in [0.5, 0.6) is 0 Å². The molecule has 2 bridgehead atoms. The van der Waals surface area contributed by atoms with E-state index in [4.69, 9.17) is 4.74 Å². The number of thioether (sulfide) groups is 1. The summed E-state index contributed by atoms with van der Waals surface area (Å²) in [7, 11) is 1.69. The number of hydrogen-bond donors (Lipinski definition) is 0. The van der Waals surface area contributed by atoms with E-state index in [-0.39, 0.29) is 5.41 Å². The van der Waals surface area contributed by atoms with Gasteiger partial charge >= 0.3 is 0 Å². The zero-order valence-corrected chi connectivity index (χ0v) is 8.81. The first-order valence-electron chi connectivity index (χ1n) is 4.89. The van der Waals surface area contributed by atoms with Crippen molar-refractivity contribution < 1.29 is 9.53 Å². The van der Waals surface area contributed by atoms with E-state index in [9.17, 15) is 4.79 Å². The van der Waals surface area contributed by atoms with Gasteiger partial charge in [0.2, 0.25) is 0 Å². The highest BCUT2D eigenvalue weighted by molar-refractivity contribution is 8.00. The van der Waals surface area contributed by atoms with Crippen molar-refractivity contribution in [3.05, 3.63) is 0 Å². The second kappa shape index (κ2) is 3.62. The van der Waals surface area contributed by atoms with Gasteiger partial charge in [-0.15, -0.1) is 0 Å². The maximum absolute atomic E-state index is 11.1. The molecule has 2 heterocycles. The number of carbonyl (C=O) groups excluding carboxylic acids is 1. The summed E-state index contributed by atoms with van der Waals surface area (Å²) in [6.45, 7) is 0.615. The molecule has 2 fully saturated rings. The lowest BCUT2D eigenvalue weighted by Gasteiger charge is -2.35. The monoisotopic (exact) mass is 200 g/mol. The van der Waals surface area contributed by atoms with Gasteiger partial charge in [-0.3, -0.25) is 0 Å². The topological polar surface area (TPSA) is 26.3 Å². The lowest BCUT2D eigenvalue weighted by atomic mass is 9.82. The first kappa shape index (κ1) is 9.53. The Morgan fingerprint density at radius 3 is 2.54 bits per heavy atom. The van der Waals surface area contributed by atoms with Crippen LogP contribution < -0.4 is 0 Å². The summed E-state index contributed by atoms with van der Waals surface area (Å²) in [5.41, 5.74) is -0.147.